The Morgan fingerprint density at radius 1 is 1.43 bits per heavy atom. The first-order valence-corrected chi connectivity index (χ1v) is 7.15. The molecule has 1 aromatic rings. The summed E-state index contributed by atoms with van der Waals surface area (Å²) < 4.78 is 0. The van der Waals surface area contributed by atoms with E-state index in [9.17, 15) is 9.59 Å². The Balaban J connectivity index is 1.66. The summed E-state index contributed by atoms with van der Waals surface area (Å²) in [5.41, 5.74) is 1.20. The summed E-state index contributed by atoms with van der Waals surface area (Å²) in [7, 11) is 2.09. The lowest BCUT2D eigenvalue weighted by Gasteiger charge is -2.29. The van der Waals surface area contributed by atoms with Crippen LogP contribution in [-0.4, -0.2) is 54.4 Å². The molecule has 3 N–H and O–H groups in total. The predicted octanol–water partition coefficient (Wildman–Crippen LogP) is 0.270. The maximum absolute atomic E-state index is 12.3. The Morgan fingerprint density at radius 2 is 2.19 bits per heavy atom. The number of likely N-dealkylation sites (tertiary alicyclic amines) is 1. The second-order valence-electron chi connectivity index (χ2n) is 5.57. The lowest BCUT2D eigenvalue weighted by Crippen LogP contribution is -2.43. The van der Waals surface area contributed by atoms with Crippen LogP contribution in [0.2, 0.25) is 0 Å². The Bertz CT molecular complexity index is 566. The van der Waals surface area contributed by atoms with Crippen LogP contribution in [0.4, 0.5) is 11.5 Å². The Kier molecular flexibility index (Phi) is 3.74. The maximum Gasteiger partial charge on any atom is 0.253 e. The Labute approximate surface area is 123 Å². The van der Waals surface area contributed by atoms with Crippen molar-refractivity contribution in [2.45, 2.75) is 18.9 Å². The van der Waals surface area contributed by atoms with Gasteiger partial charge in [-0.2, -0.15) is 0 Å². The highest BCUT2D eigenvalue weighted by Crippen LogP contribution is 2.23. The molecule has 0 aliphatic carbocycles. The number of rotatable bonds is 2. The van der Waals surface area contributed by atoms with Gasteiger partial charge in [-0.05, 0) is 39.0 Å². The largest absolute Gasteiger partial charge is 0.373 e. The van der Waals surface area contributed by atoms with Crippen molar-refractivity contribution in [3.63, 3.8) is 0 Å². The quantitative estimate of drug-likeness (QED) is 0.727. The zero-order valence-corrected chi connectivity index (χ0v) is 12.0. The molecule has 0 bridgehead atoms. The van der Waals surface area contributed by atoms with Crippen LogP contribution in [0, 0.1) is 0 Å². The molecule has 1 fully saturated rings. The smallest absolute Gasteiger partial charge is 0.253 e. The third-order valence-corrected chi connectivity index (χ3v) is 3.90. The zero-order valence-electron chi connectivity index (χ0n) is 12.0. The maximum atomic E-state index is 12.3. The highest BCUT2D eigenvalue weighted by atomic mass is 16.2. The summed E-state index contributed by atoms with van der Waals surface area (Å²) in [6.07, 6.45) is 3.43. The highest BCUT2D eigenvalue weighted by molar-refractivity contribution is 6.01. The number of piperidine rings is 1. The first-order valence-electron chi connectivity index (χ1n) is 7.15. The second kappa shape index (κ2) is 5.69. The van der Waals surface area contributed by atoms with Gasteiger partial charge in [0.1, 0.15) is 0 Å². The number of aromatic nitrogens is 1. The van der Waals surface area contributed by atoms with E-state index in [1.165, 1.54) is 6.20 Å². The normalized spacial score (nSPS) is 19.4. The monoisotopic (exact) mass is 289 g/mol. The third kappa shape index (κ3) is 3.13. The molecule has 7 nitrogen and oxygen atoms in total. The van der Waals surface area contributed by atoms with Crippen LogP contribution < -0.4 is 16.0 Å². The molecule has 2 aliphatic rings. The van der Waals surface area contributed by atoms with Crippen LogP contribution in [0.25, 0.3) is 0 Å². The Morgan fingerprint density at radius 3 is 2.95 bits per heavy atom. The van der Waals surface area contributed by atoms with E-state index in [0.29, 0.717) is 17.1 Å². The van der Waals surface area contributed by atoms with E-state index in [0.717, 1.165) is 25.9 Å². The van der Waals surface area contributed by atoms with E-state index in [-0.39, 0.29) is 24.4 Å². The van der Waals surface area contributed by atoms with Crippen molar-refractivity contribution in [2.75, 3.05) is 37.3 Å². The SMILES string of the molecule is CN1CCC(NC(=O)c2cnc3c(c2)NCC(=O)N3)CC1. The predicted molar refractivity (Wildman–Crippen MR) is 79.3 cm³/mol. The van der Waals surface area contributed by atoms with Gasteiger partial charge in [0, 0.05) is 12.2 Å². The molecule has 1 aromatic heterocycles. The zero-order chi connectivity index (χ0) is 14.8. The standard InChI is InChI=1S/C14H19N5O2/c1-19-4-2-10(3-5-19)17-14(21)9-6-11-13(16-7-9)18-12(20)8-15-11/h6-7,10,15H,2-5,8H2,1H3,(H,17,21)(H,16,18,20). The van der Waals surface area contributed by atoms with E-state index in [1.54, 1.807) is 6.07 Å². The van der Waals surface area contributed by atoms with Crippen molar-refractivity contribution in [3.8, 4) is 0 Å². The molecule has 0 unspecified atom stereocenters. The summed E-state index contributed by atoms with van der Waals surface area (Å²) in [6.45, 7) is 2.21. The van der Waals surface area contributed by atoms with Crippen molar-refractivity contribution >= 4 is 23.3 Å². The molecular formula is C14H19N5O2. The molecule has 1 saturated heterocycles. The number of carbonyl (C=O) groups is 2. The first-order chi connectivity index (χ1) is 10.1. The average Bonchev–Trinajstić information content (AvgIpc) is 2.49. The molecular weight excluding hydrogens is 270 g/mol. The summed E-state index contributed by atoms with van der Waals surface area (Å²) >= 11 is 0. The lowest BCUT2D eigenvalue weighted by atomic mass is 10.1. The van der Waals surface area contributed by atoms with Gasteiger partial charge in [0.2, 0.25) is 5.91 Å². The van der Waals surface area contributed by atoms with Gasteiger partial charge in [-0.15, -0.1) is 0 Å². The number of hydrogen-bond donors (Lipinski definition) is 3. The van der Waals surface area contributed by atoms with Gasteiger partial charge in [0.25, 0.3) is 5.91 Å². The fraction of sp³-hybridized carbons (Fsp3) is 0.500. The molecule has 0 aromatic carbocycles. The molecule has 2 amide bonds. The summed E-state index contributed by atoms with van der Waals surface area (Å²) in [4.78, 5) is 29.9. The number of anilines is 2. The molecule has 7 heteroatoms. The van der Waals surface area contributed by atoms with Gasteiger partial charge in [0.15, 0.2) is 5.82 Å². The van der Waals surface area contributed by atoms with Crippen LogP contribution in [0.15, 0.2) is 12.3 Å². The van der Waals surface area contributed by atoms with Crippen molar-refractivity contribution in [2.24, 2.45) is 0 Å². The second-order valence-corrected chi connectivity index (χ2v) is 5.57. The van der Waals surface area contributed by atoms with Gasteiger partial charge in [-0.1, -0.05) is 0 Å². The summed E-state index contributed by atoms with van der Waals surface area (Å²) in [5, 5.41) is 8.67. The minimum absolute atomic E-state index is 0.112. The summed E-state index contributed by atoms with van der Waals surface area (Å²) in [5.74, 6) is 0.235. The molecule has 0 saturated carbocycles. The first kappa shape index (κ1) is 13.8. The van der Waals surface area contributed by atoms with E-state index in [1.807, 2.05) is 0 Å². The number of carbonyl (C=O) groups excluding carboxylic acids is 2. The molecule has 21 heavy (non-hydrogen) atoms. The third-order valence-electron chi connectivity index (χ3n) is 3.90. The highest BCUT2D eigenvalue weighted by Gasteiger charge is 2.21. The topological polar surface area (TPSA) is 86.4 Å². The van der Waals surface area contributed by atoms with E-state index >= 15 is 0 Å². The van der Waals surface area contributed by atoms with Crippen LogP contribution >= 0.6 is 0 Å². The van der Waals surface area contributed by atoms with Crippen LogP contribution in [-0.2, 0) is 4.79 Å². The number of amides is 2. The molecule has 0 radical (unpaired) electrons. The molecule has 3 heterocycles. The number of pyridine rings is 1. The number of nitrogens with one attached hydrogen (secondary N) is 3. The van der Waals surface area contributed by atoms with Crippen LogP contribution in [0.1, 0.15) is 23.2 Å². The van der Waals surface area contributed by atoms with Gasteiger partial charge < -0.3 is 20.9 Å². The van der Waals surface area contributed by atoms with Crippen LogP contribution in [0.3, 0.4) is 0 Å². The number of fused-ring (bicyclic) bond motifs is 1. The molecule has 3 rings (SSSR count). The minimum Gasteiger partial charge on any atom is -0.373 e. The minimum atomic E-state index is -0.126. The van der Waals surface area contributed by atoms with Gasteiger partial charge >= 0.3 is 0 Å². The Hall–Kier alpha value is -2.15. The molecule has 112 valence electrons. The molecule has 2 aliphatic heterocycles. The van der Waals surface area contributed by atoms with E-state index in [2.05, 4.69) is 32.9 Å². The van der Waals surface area contributed by atoms with Gasteiger partial charge in [-0.25, -0.2) is 4.98 Å². The molecule has 0 atom stereocenters. The average molecular weight is 289 g/mol. The van der Waals surface area contributed by atoms with Gasteiger partial charge in [0.05, 0.1) is 17.8 Å². The summed E-state index contributed by atoms with van der Waals surface area (Å²) in [6, 6.07) is 1.95. The van der Waals surface area contributed by atoms with Gasteiger partial charge in [-0.3, -0.25) is 9.59 Å². The molecule has 0 spiro atoms. The number of hydrogen-bond acceptors (Lipinski definition) is 5. The van der Waals surface area contributed by atoms with E-state index < -0.39 is 0 Å². The fourth-order valence-corrected chi connectivity index (χ4v) is 2.60. The van der Waals surface area contributed by atoms with Crippen molar-refractivity contribution in [3.05, 3.63) is 17.8 Å². The van der Waals surface area contributed by atoms with Crippen LogP contribution in [0.5, 0.6) is 0 Å². The number of nitrogens with zero attached hydrogens (tertiary/aromatic N) is 2. The van der Waals surface area contributed by atoms with Crippen molar-refractivity contribution < 1.29 is 9.59 Å². The fourth-order valence-electron chi connectivity index (χ4n) is 2.60. The van der Waals surface area contributed by atoms with Crippen molar-refractivity contribution in [1.29, 1.82) is 0 Å². The van der Waals surface area contributed by atoms with E-state index in [4.69, 9.17) is 0 Å². The lowest BCUT2D eigenvalue weighted by molar-refractivity contribution is -0.114. The van der Waals surface area contributed by atoms with Crippen molar-refractivity contribution in [1.82, 2.24) is 15.2 Å².